The molecule has 0 saturated carbocycles. The van der Waals surface area contributed by atoms with Gasteiger partial charge in [-0.25, -0.2) is 18.9 Å². The van der Waals surface area contributed by atoms with Crippen LogP contribution in [0, 0.1) is 16.0 Å². The van der Waals surface area contributed by atoms with Crippen molar-refractivity contribution in [3.05, 3.63) is 86.8 Å². The molecule has 4 rings (SSSR count). The number of anilines is 1. The van der Waals surface area contributed by atoms with Crippen molar-refractivity contribution in [1.29, 1.82) is 0 Å². The number of carbonyl (C=O) groups is 1. The quantitative estimate of drug-likeness (QED) is 0.564. The Hall–Kier alpha value is -3.04. The van der Waals surface area contributed by atoms with Crippen molar-refractivity contribution in [2.45, 2.75) is 31.8 Å². The van der Waals surface area contributed by atoms with Crippen LogP contribution in [0.5, 0.6) is 0 Å². The fourth-order valence-electron chi connectivity index (χ4n) is 4.59. The van der Waals surface area contributed by atoms with Crippen LogP contribution < -0.4 is 10.4 Å². The summed E-state index contributed by atoms with van der Waals surface area (Å²) in [4.78, 5) is 24.5. The molecule has 2 aliphatic rings. The summed E-state index contributed by atoms with van der Waals surface area (Å²) < 4.78 is 26.2. The van der Waals surface area contributed by atoms with Crippen LogP contribution in [0.1, 0.15) is 25.3 Å². The fourth-order valence-corrected chi connectivity index (χ4v) is 6.86. The van der Waals surface area contributed by atoms with E-state index >= 15 is 0 Å². The van der Waals surface area contributed by atoms with E-state index in [4.69, 9.17) is 0 Å². The normalized spacial score (nSPS) is 26.3. The molecular weight excluding hydrogens is 418 g/mol. The molecule has 1 amide bonds. The first-order chi connectivity index (χ1) is 14.7. The van der Waals surface area contributed by atoms with Gasteiger partial charge in [-0.1, -0.05) is 48.5 Å². The molecule has 8 nitrogen and oxygen atoms in total. The second kappa shape index (κ2) is 7.90. The number of hydrazine groups is 1. The van der Waals surface area contributed by atoms with Gasteiger partial charge in [0.15, 0.2) is 9.84 Å². The van der Waals surface area contributed by atoms with Crippen LogP contribution in [0.3, 0.4) is 0 Å². The van der Waals surface area contributed by atoms with Crippen LogP contribution in [0.4, 0.5) is 5.69 Å². The van der Waals surface area contributed by atoms with Gasteiger partial charge >= 0.3 is 0 Å². The van der Waals surface area contributed by atoms with Gasteiger partial charge in [0, 0.05) is 22.5 Å². The minimum absolute atomic E-state index is 0.00214. The standard InChI is InChI=1S/C22H23N3O5S/c1-14-18(25(27)28)13-31(29,30)21(14)20(16-9-5-3-6-10-16)19-15(2)23-24(22(19)26)17-11-7-4-8-12-17/h3-12,15,18-20,23H,13H2,1-2H3/t15-,18+,19-,20-/m1/s1. The smallest absolute Gasteiger partial charge is 0.249 e. The van der Waals surface area contributed by atoms with E-state index in [0.717, 1.165) is 0 Å². The lowest BCUT2D eigenvalue weighted by molar-refractivity contribution is -0.505. The third kappa shape index (κ3) is 3.64. The van der Waals surface area contributed by atoms with E-state index in [-0.39, 0.29) is 22.4 Å². The van der Waals surface area contributed by atoms with E-state index in [2.05, 4.69) is 5.43 Å². The zero-order chi connectivity index (χ0) is 22.3. The van der Waals surface area contributed by atoms with Crippen molar-refractivity contribution in [1.82, 2.24) is 5.43 Å². The molecular formula is C22H23N3O5S. The number of nitrogens with zero attached hydrogens (tertiary/aromatic N) is 2. The van der Waals surface area contributed by atoms with Crippen molar-refractivity contribution in [3.8, 4) is 0 Å². The number of allylic oxidation sites excluding steroid dienone is 1. The highest BCUT2D eigenvalue weighted by atomic mass is 32.2. The van der Waals surface area contributed by atoms with Crippen molar-refractivity contribution in [3.63, 3.8) is 0 Å². The fraction of sp³-hybridized carbons (Fsp3) is 0.318. The molecule has 1 fully saturated rings. The number of sulfone groups is 1. The molecule has 162 valence electrons. The number of benzene rings is 2. The summed E-state index contributed by atoms with van der Waals surface area (Å²) in [6.45, 7) is 3.32. The Balaban J connectivity index is 1.86. The maximum atomic E-state index is 13.5. The SMILES string of the molecule is CC1=C([C@H](c2ccccc2)[C@@H]2C(=O)N(c3ccccc3)N[C@@H]2C)S(=O)(=O)C[C@@H]1[N+](=O)[O-]. The third-order valence-electron chi connectivity index (χ3n) is 6.05. The van der Waals surface area contributed by atoms with Gasteiger partial charge in [0.05, 0.1) is 16.5 Å². The summed E-state index contributed by atoms with van der Waals surface area (Å²) in [5, 5.41) is 12.9. The Bertz CT molecular complexity index is 1150. The molecule has 31 heavy (non-hydrogen) atoms. The second-order valence-corrected chi connectivity index (χ2v) is 9.97. The van der Waals surface area contributed by atoms with Crippen LogP contribution in [0.15, 0.2) is 71.1 Å². The first kappa shape index (κ1) is 21.2. The molecule has 2 heterocycles. The number of amides is 1. The molecule has 2 aliphatic heterocycles. The lowest BCUT2D eigenvalue weighted by Crippen LogP contribution is -2.36. The van der Waals surface area contributed by atoms with Gasteiger partial charge in [-0.2, -0.15) is 0 Å². The minimum atomic E-state index is -3.90. The molecule has 0 unspecified atom stereocenters. The Labute approximate surface area is 180 Å². The highest BCUT2D eigenvalue weighted by molar-refractivity contribution is 7.95. The number of rotatable bonds is 5. The zero-order valence-electron chi connectivity index (χ0n) is 17.1. The van der Waals surface area contributed by atoms with Crippen LogP contribution in [-0.2, 0) is 14.6 Å². The molecule has 1 saturated heterocycles. The van der Waals surface area contributed by atoms with E-state index in [0.29, 0.717) is 11.3 Å². The molecule has 4 atom stereocenters. The van der Waals surface area contributed by atoms with Crippen molar-refractivity contribution >= 4 is 21.4 Å². The molecule has 0 spiro atoms. The molecule has 1 N–H and O–H groups in total. The predicted molar refractivity (Wildman–Crippen MR) is 116 cm³/mol. The highest BCUT2D eigenvalue weighted by Crippen LogP contribution is 2.45. The van der Waals surface area contributed by atoms with E-state index in [1.807, 2.05) is 25.1 Å². The Morgan fingerprint density at radius 2 is 1.68 bits per heavy atom. The van der Waals surface area contributed by atoms with Gasteiger partial charge in [0.2, 0.25) is 11.9 Å². The van der Waals surface area contributed by atoms with Gasteiger partial charge in [0.1, 0.15) is 5.75 Å². The van der Waals surface area contributed by atoms with Crippen LogP contribution in [-0.4, -0.2) is 37.1 Å². The van der Waals surface area contributed by atoms with Crippen molar-refractivity contribution in [2.24, 2.45) is 5.92 Å². The lowest BCUT2D eigenvalue weighted by atomic mass is 9.80. The first-order valence-corrected chi connectivity index (χ1v) is 11.6. The molecule has 9 heteroatoms. The summed E-state index contributed by atoms with van der Waals surface area (Å²) in [5.41, 5.74) is 4.65. The van der Waals surface area contributed by atoms with Gasteiger partial charge < -0.3 is 0 Å². The molecule has 0 aromatic heterocycles. The maximum Gasteiger partial charge on any atom is 0.249 e. The highest BCUT2D eigenvalue weighted by Gasteiger charge is 2.52. The lowest BCUT2D eigenvalue weighted by Gasteiger charge is -2.26. The van der Waals surface area contributed by atoms with E-state index < -0.39 is 38.4 Å². The summed E-state index contributed by atoms with van der Waals surface area (Å²) in [7, 11) is -3.90. The van der Waals surface area contributed by atoms with E-state index in [9.17, 15) is 23.3 Å². The minimum Gasteiger partial charge on any atom is -0.273 e. The number of hydrogen-bond acceptors (Lipinski definition) is 6. The number of nitro groups is 1. The summed E-state index contributed by atoms with van der Waals surface area (Å²) in [6, 6.07) is 16.3. The van der Waals surface area contributed by atoms with Gasteiger partial charge in [0.25, 0.3) is 0 Å². The molecule has 2 aromatic carbocycles. The number of para-hydroxylation sites is 1. The first-order valence-electron chi connectivity index (χ1n) is 9.99. The molecule has 2 aromatic rings. The number of nitrogens with one attached hydrogen (secondary N) is 1. The third-order valence-corrected chi connectivity index (χ3v) is 8.05. The Morgan fingerprint density at radius 1 is 1.10 bits per heavy atom. The van der Waals surface area contributed by atoms with Gasteiger partial charge in [-0.3, -0.25) is 14.9 Å². The van der Waals surface area contributed by atoms with E-state index in [1.165, 1.54) is 11.9 Å². The monoisotopic (exact) mass is 441 g/mol. The number of hydrogen-bond donors (Lipinski definition) is 1. The maximum absolute atomic E-state index is 13.5. The average Bonchev–Trinajstić information content (AvgIpc) is 3.17. The van der Waals surface area contributed by atoms with Crippen LogP contribution in [0.2, 0.25) is 0 Å². The van der Waals surface area contributed by atoms with Crippen molar-refractivity contribution < 1.29 is 18.1 Å². The van der Waals surface area contributed by atoms with Crippen LogP contribution in [0.25, 0.3) is 0 Å². The average molecular weight is 442 g/mol. The predicted octanol–water partition coefficient (Wildman–Crippen LogP) is 2.67. The van der Waals surface area contributed by atoms with Crippen molar-refractivity contribution in [2.75, 3.05) is 10.8 Å². The largest absolute Gasteiger partial charge is 0.273 e. The Kier molecular flexibility index (Phi) is 5.40. The summed E-state index contributed by atoms with van der Waals surface area (Å²) in [6.07, 6.45) is 0. The van der Waals surface area contributed by atoms with E-state index in [1.54, 1.807) is 42.5 Å². The number of carbonyl (C=O) groups excluding carboxylic acids is 1. The van der Waals surface area contributed by atoms with Gasteiger partial charge in [-0.05, 0) is 31.5 Å². The molecule has 0 radical (unpaired) electrons. The summed E-state index contributed by atoms with van der Waals surface area (Å²) in [5.74, 6) is -2.41. The molecule has 0 aliphatic carbocycles. The zero-order valence-corrected chi connectivity index (χ0v) is 18.0. The second-order valence-electron chi connectivity index (χ2n) is 7.97. The Morgan fingerprint density at radius 3 is 2.23 bits per heavy atom. The molecule has 0 bridgehead atoms. The summed E-state index contributed by atoms with van der Waals surface area (Å²) >= 11 is 0. The van der Waals surface area contributed by atoms with Gasteiger partial charge in [-0.15, -0.1) is 0 Å². The van der Waals surface area contributed by atoms with Crippen LogP contribution >= 0.6 is 0 Å². The topological polar surface area (TPSA) is 110 Å².